The van der Waals surface area contributed by atoms with Gasteiger partial charge in [0.15, 0.2) is 6.10 Å². The molecule has 8 nitrogen and oxygen atoms in total. The highest BCUT2D eigenvalue weighted by Gasteiger charge is 2.38. The Balaban J connectivity index is 1.35. The predicted molar refractivity (Wildman–Crippen MR) is 161 cm³/mol. The molecule has 3 aromatic rings. The molecule has 0 spiro atoms. The molecule has 5 rings (SSSR count). The van der Waals surface area contributed by atoms with E-state index < -0.39 is 22.0 Å². The summed E-state index contributed by atoms with van der Waals surface area (Å²) >= 11 is 3.36. The van der Waals surface area contributed by atoms with Crippen molar-refractivity contribution in [1.82, 2.24) is 9.62 Å². The van der Waals surface area contributed by atoms with Gasteiger partial charge in [-0.2, -0.15) is 4.31 Å². The minimum absolute atomic E-state index is 0.0101. The third kappa shape index (κ3) is 6.99. The topological polar surface area (TPSA) is 96.0 Å². The lowest BCUT2D eigenvalue weighted by Crippen LogP contribution is -2.54. The Morgan fingerprint density at radius 2 is 1.61 bits per heavy atom. The van der Waals surface area contributed by atoms with Crippen LogP contribution in [0.4, 0.5) is 5.69 Å². The standard InChI is InChI=1S/C31H34BrN3O5S/c32-24-15-17-26(18-16-24)41(38,39)35(25-11-5-2-6-12-25)22-30(36)34-21-29(40-28-14-8-7-13-27(28)34)31(37)33-20-19-23-9-3-1-4-10-23/h1,3-4,7-10,13-18,25,29H,2,5-6,11-12,19-22H2,(H,33,37). The fourth-order valence-electron chi connectivity index (χ4n) is 5.44. The van der Waals surface area contributed by atoms with Crippen LogP contribution in [0.25, 0.3) is 0 Å². The minimum atomic E-state index is -3.94. The van der Waals surface area contributed by atoms with E-state index in [0.29, 0.717) is 37.2 Å². The zero-order valence-electron chi connectivity index (χ0n) is 22.7. The van der Waals surface area contributed by atoms with Gasteiger partial charge in [-0.3, -0.25) is 9.59 Å². The van der Waals surface area contributed by atoms with E-state index in [9.17, 15) is 18.0 Å². The van der Waals surface area contributed by atoms with Gasteiger partial charge in [-0.25, -0.2) is 8.42 Å². The summed E-state index contributed by atoms with van der Waals surface area (Å²) in [6.07, 6.45) is 4.03. The quantitative estimate of drug-likeness (QED) is 0.358. The Morgan fingerprint density at radius 1 is 0.927 bits per heavy atom. The lowest BCUT2D eigenvalue weighted by molar-refractivity contribution is -0.128. The fourth-order valence-corrected chi connectivity index (χ4v) is 7.33. The second-order valence-corrected chi connectivity index (χ2v) is 13.2. The van der Waals surface area contributed by atoms with E-state index in [1.165, 1.54) is 9.21 Å². The van der Waals surface area contributed by atoms with Gasteiger partial charge in [0.2, 0.25) is 15.9 Å². The second-order valence-electron chi connectivity index (χ2n) is 10.4. The van der Waals surface area contributed by atoms with Gasteiger partial charge in [0.25, 0.3) is 5.91 Å². The van der Waals surface area contributed by atoms with Gasteiger partial charge < -0.3 is 15.0 Å². The van der Waals surface area contributed by atoms with E-state index in [0.717, 1.165) is 29.3 Å². The molecule has 0 radical (unpaired) electrons. The van der Waals surface area contributed by atoms with E-state index in [1.54, 1.807) is 48.5 Å². The molecule has 2 amide bonds. The van der Waals surface area contributed by atoms with Crippen molar-refractivity contribution >= 4 is 43.5 Å². The van der Waals surface area contributed by atoms with E-state index >= 15 is 0 Å². The predicted octanol–water partition coefficient (Wildman–Crippen LogP) is 4.93. The number of benzene rings is 3. The van der Waals surface area contributed by atoms with E-state index in [-0.39, 0.29) is 29.9 Å². The zero-order chi connectivity index (χ0) is 28.8. The number of hydrogen-bond donors (Lipinski definition) is 1. The van der Waals surface area contributed by atoms with Crippen molar-refractivity contribution in [2.24, 2.45) is 0 Å². The number of nitrogens with one attached hydrogen (secondary N) is 1. The average molecular weight is 641 g/mol. The molecule has 10 heteroatoms. The number of para-hydroxylation sites is 2. The van der Waals surface area contributed by atoms with Crippen molar-refractivity contribution in [3.05, 3.63) is 88.9 Å². The monoisotopic (exact) mass is 639 g/mol. The average Bonchev–Trinajstić information content (AvgIpc) is 3.00. The Labute approximate surface area is 249 Å². The molecule has 1 N–H and O–H groups in total. The number of rotatable bonds is 9. The van der Waals surface area contributed by atoms with Gasteiger partial charge in [0, 0.05) is 17.1 Å². The lowest BCUT2D eigenvalue weighted by Gasteiger charge is -2.37. The zero-order valence-corrected chi connectivity index (χ0v) is 25.1. The first-order valence-electron chi connectivity index (χ1n) is 14.0. The van der Waals surface area contributed by atoms with Crippen LogP contribution >= 0.6 is 15.9 Å². The number of fused-ring (bicyclic) bond motifs is 1. The summed E-state index contributed by atoms with van der Waals surface area (Å²) in [6.45, 7) is 0.1000. The van der Waals surface area contributed by atoms with Crippen molar-refractivity contribution < 1.29 is 22.7 Å². The summed E-state index contributed by atoms with van der Waals surface area (Å²) in [4.78, 5) is 28.7. The van der Waals surface area contributed by atoms with Crippen LogP contribution in [0.15, 0.2) is 88.2 Å². The largest absolute Gasteiger partial charge is 0.477 e. The first-order valence-corrected chi connectivity index (χ1v) is 16.2. The first-order chi connectivity index (χ1) is 19.8. The molecule has 41 heavy (non-hydrogen) atoms. The number of sulfonamides is 1. The number of hydrogen-bond acceptors (Lipinski definition) is 5. The summed E-state index contributed by atoms with van der Waals surface area (Å²) < 4.78 is 35.9. The number of carbonyl (C=O) groups excluding carboxylic acids is 2. The summed E-state index contributed by atoms with van der Waals surface area (Å²) in [6, 6.07) is 23.1. The van der Waals surface area contributed by atoms with Crippen LogP contribution in [0.5, 0.6) is 5.75 Å². The van der Waals surface area contributed by atoms with Gasteiger partial charge in [-0.05, 0) is 61.2 Å². The number of anilines is 1. The molecule has 1 aliphatic carbocycles. The number of carbonyl (C=O) groups is 2. The minimum Gasteiger partial charge on any atom is -0.477 e. The van der Waals surface area contributed by atoms with Crippen LogP contribution in [-0.2, 0) is 26.0 Å². The fraction of sp³-hybridized carbons (Fsp3) is 0.355. The van der Waals surface area contributed by atoms with E-state index in [2.05, 4.69) is 21.2 Å². The Hall–Kier alpha value is -3.21. The smallest absolute Gasteiger partial charge is 0.262 e. The molecule has 0 bridgehead atoms. The molecule has 1 heterocycles. The molecule has 1 unspecified atom stereocenters. The number of nitrogens with zero attached hydrogens (tertiary/aromatic N) is 2. The van der Waals surface area contributed by atoms with Crippen LogP contribution in [0, 0.1) is 0 Å². The normalized spacial score (nSPS) is 17.5. The van der Waals surface area contributed by atoms with E-state index in [4.69, 9.17) is 4.74 Å². The molecule has 0 aromatic heterocycles. The van der Waals surface area contributed by atoms with Crippen molar-refractivity contribution in [2.75, 3.05) is 24.5 Å². The van der Waals surface area contributed by atoms with Crippen LogP contribution in [-0.4, -0.2) is 56.3 Å². The van der Waals surface area contributed by atoms with Crippen molar-refractivity contribution in [2.45, 2.75) is 55.6 Å². The molecule has 1 saturated carbocycles. The third-order valence-electron chi connectivity index (χ3n) is 7.62. The molecule has 0 saturated heterocycles. The molecular formula is C31H34BrN3O5S. The Bertz CT molecular complexity index is 1460. The van der Waals surface area contributed by atoms with Gasteiger partial charge >= 0.3 is 0 Å². The Morgan fingerprint density at radius 3 is 2.34 bits per heavy atom. The van der Waals surface area contributed by atoms with Crippen molar-refractivity contribution in [3.63, 3.8) is 0 Å². The highest BCUT2D eigenvalue weighted by molar-refractivity contribution is 9.10. The molecule has 3 aromatic carbocycles. The summed E-state index contributed by atoms with van der Waals surface area (Å²) in [5, 5.41) is 2.92. The van der Waals surface area contributed by atoms with Gasteiger partial charge in [0.05, 0.1) is 23.7 Å². The van der Waals surface area contributed by atoms with Crippen molar-refractivity contribution in [3.8, 4) is 5.75 Å². The van der Waals surface area contributed by atoms with E-state index in [1.807, 2.05) is 30.3 Å². The maximum Gasteiger partial charge on any atom is 0.262 e. The molecule has 2 aliphatic rings. The van der Waals surface area contributed by atoms with Crippen LogP contribution in [0.2, 0.25) is 0 Å². The molecular weight excluding hydrogens is 606 g/mol. The molecule has 1 aliphatic heterocycles. The second kappa shape index (κ2) is 13.2. The van der Waals surface area contributed by atoms with Crippen LogP contribution in [0.3, 0.4) is 0 Å². The number of ether oxygens (including phenoxy) is 1. The first kappa shape index (κ1) is 29.3. The van der Waals surface area contributed by atoms with Gasteiger partial charge in [-0.15, -0.1) is 0 Å². The highest BCUT2D eigenvalue weighted by atomic mass is 79.9. The highest BCUT2D eigenvalue weighted by Crippen LogP contribution is 2.34. The molecule has 216 valence electrons. The third-order valence-corrected chi connectivity index (χ3v) is 10.1. The van der Waals surface area contributed by atoms with Gasteiger partial charge in [-0.1, -0.05) is 77.7 Å². The summed E-state index contributed by atoms with van der Waals surface area (Å²) in [5.41, 5.74) is 1.63. The van der Waals surface area contributed by atoms with Gasteiger partial charge in [0.1, 0.15) is 5.75 Å². The maximum atomic E-state index is 13.9. The van der Waals surface area contributed by atoms with Crippen molar-refractivity contribution in [1.29, 1.82) is 0 Å². The summed E-state index contributed by atoms with van der Waals surface area (Å²) in [7, 11) is -3.94. The number of halogens is 1. The van der Waals surface area contributed by atoms with Crippen LogP contribution < -0.4 is 15.0 Å². The van der Waals surface area contributed by atoms with Crippen LogP contribution in [0.1, 0.15) is 37.7 Å². The number of amides is 2. The lowest BCUT2D eigenvalue weighted by atomic mass is 9.95. The molecule has 1 atom stereocenters. The summed E-state index contributed by atoms with van der Waals surface area (Å²) in [5.74, 6) is -0.302. The SMILES string of the molecule is O=C(NCCc1ccccc1)C1CN(C(=O)CN(C2CCCCC2)S(=O)(=O)c2ccc(Br)cc2)c2ccccc2O1. The Kier molecular flexibility index (Phi) is 9.42. The maximum absolute atomic E-state index is 13.9. The molecule has 1 fully saturated rings.